The molecule has 8 rings (SSSR count). The fourth-order valence-corrected chi connectivity index (χ4v) is 7.76. The van der Waals surface area contributed by atoms with Gasteiger partial charge in [-0.3, -0.25) is 4.79 Å². The molecule has 10 nitrogen and oxygen atoms in total. The number of anilines is 1. The van der Waals surface area contributed by atoms with Gasteiger partial charge < -0.3 is 19.9 Å². The van der Waals surface area contributed by atoms with Crippen molar-refractivity contribution in [3.8, 4) is 22.8 Å². The van der Waals surface area contributed by atoms with Crippen molar-refractivity contribution in [3.05, 3.63) is 48.6 Å². The standard InChI is InChI=1S/C31H35FN8O2/c32-21-6-7-25(23(12-21)24-14-33-17-35-26(24)19-4-5-19)42-29-28(36-18-37-38-29)40-15-31(16-40)8-10-39(11-9-31)30(41)27-22-3-1-2-20(22)13-34-27/h6-7,12,14,17-20,22,27,34H,1-5,8-11,13,15-16H2. The van der Waals surface area contributed by atoms with Gasteiger partial charge in [0.1, 0.15) is 24.2 Å². The molecule has 2 aromatic heterocycles. The molecule has 2 aliphatic carbocycles. The second-order valence-electron chi connectivity index (χ2n) is 12.8. The Labute approximate surface area is 244 Å². The van der Waals surface area contributed by atoms with E-state index in [2.05, 4.69) is 40.3 Å². The number of nitrogens with one attached hydrogen (secondary N) is 1. The highest BCUT2D eigenvalue weighted by Gasteiger charge is 2.49. The van der Waals surface area contributed by atoms with Crippen LogP contribution in [0.1, 0.15) is 56.6 Å². The summed E-state index contributed by atoms with van der Waals surface area (Å²) in [5.41, 5.74) is 2.43. The van der Waals surface area contributed by atoms with E-state index in [0.29, 0.717) is 40.8 Å². The molecule has 218 valence electrons. The lowest BCUT2D eigenvalue weighted by Gasteiger charge is -2.54. The number of nitrogens with zero attached hydrogens (tertiary/aromatic N) is 7. The lowest BCUT2D eigenvalue weighted by molar-refractivity contribution is -0.136. The van der Waals surface area contributed by atoms with E-state index >= 15 is 0 Å². The first kappa shape index (κ1) is 25.9. The molecule has 3 unspecified atom stereocenters. The van der Waals surface area contributed by atoms with E-state index in [-0.39, 0.29) is 23.2 Å². The molecule has 5 heterocycles. The van der Waals surface area contributed by atoms with Crippen LogP contribution in [0.3, 0.4) is 0 Å². The van der Waals surface area contributed by atoms with E-state index in [1.165, 1.54) is 44.0 Å². The number of piperidine rings is 1. The van der Waals surface area contributed by atoms with Gasteiger partial charge in [-0.1, -0.05) is 6.42 Å². The highest BCUT2D eigenvalue weighted by Crippen LogP contribution is 2.47. The Morgan fingerprint density at radius 3 is 2.74 bits per heavy atom. The molecule has 1 spiro atoms. The van der Waals surface area contributed by atoms with Crippen molar-refractivity contribution in [2.75, 3.05) is 37.6 Å². The molecule has 42 heavy (non-hydrogen) atoms. The molecule has 1 aromatic carbocycles. The molecule has 2 saturated carbocycles. The van der Waals surface area contributed by atoms with Crippen LogP contribution in [0.4, 0.5) is 10.2 Å². The molecule has 11 heteroatoms. The van der Waals surface area contributed by atoms with Crippen LogP contribution in [-0.2, 0) is 4.79 Å². The smallest absolute Gasteiger partial charge is 0.282 e. The first-order valence-electron chi connectivity index (χ1n) is 15.3. The highest BCUT2D eigenvalue weighted by atomic mass is 19.1. The molecule has 0 bridgehead atoms. The third-order valence-corrected chi connectivity index (χ3v) is 10.2. The van der Waals surface area contributed by atoms with Crippen LogP contribution < -0.4 is 15.0 Å². The first-order valence-corrected chi connectivity index (χ1v) is 15.3. The summed E-state index contributed by atoms with van der Waals surface area (Å²) >= 11 is 0. The van der Waals surface area contributed by atoms with Crippen molar-refractivity contribution >= 4 is 11.7 Å². The summed E-state index contributed by atoms with van der Waals surface area (Å²) < 4.78 is 20.8. The van der Waals surface area contributed by atoms with Gasteiger partial charge in [0.05, 0.1) is 11.7 Å². The lowest BCUT2D eigenvalue weighted by atomic mass is 9.72. The van der Waals surface area contributed by atoms with Crippen LogP contribution in [0.25, 0.3) is 11.1 Å². The largest absolute Gasteiger partial charge is 0.434 e. The molecule has 3 saturated heterocycles. The number of benzene rings is 1. The number of halogens is 1. The zero-order chi connectivity index (χ0) is 28.3. The number of carbonyl (C=O) groups excluding carboxylic acids is 1. The second kappa shape index (κ2) is 10.2. The van der Waals surface area contributed by atoms with Gasteiger partial charge in [-0.05, 0) is 75.1 Å². The van der Waals surface area contributed by atoms with Gasteiger partial charge >= 0.3 is 0 Å². The maximum atomic E-state index is 14.4. The van der Waals surface area contributed by atoms with Crippen LogP contribution in [0.5, 0.6) is 11.6 Å². The molecular formula is C31H35FN8O2. The minimum Gasteiger partial charge on any atom is -0.434 e. The summed E-state index contributed by atoms with van der Waals surface area (Å²) in [6, 6.07) is 4.47. The average Bonchev–Trinajstić information content (AvgIpc) is 3.61. The van der Waals surface area contributed by atoms with Gasteiger partial charge in [0.25, 0.3) is 5.88 Å². The van der Waals surface area contributed by atoms with E-state index < -0.39 is 0 Å². The number of amides is 1. The highest BCUT2D eigenvalue weighted by molar-refractivity contribution is 5.83. The summed E-state index contributed by atoms with van der Waals surface area (Å²) in [6.07, 6.45) is 12.5. The number of likely N-dealkylation sites (tertiary alicyclic amines) is 1. The SMILES string of the molecule is O=C(C1NCC2CCCC21)N1CCC2(CC1)CN(c1ncnnc1Oc1ccc(F)cc1-c1cncnc1C1CC1)C2. The maximum Gasteiger partial charge on any atom is 0.282 e. The first-order chi connectivity index (χ1) is 20.6. The van der Waals surface area contributed by atoms with Crippen molar-refractivity contribution < 1.29 is 13.9 Å². The summed E-state index contributed by atoms with van der Waals surface area (Å²) in [4.78, 5) is 30.9. The Kier molecular flexibility index (Phi) is 6.31. The molecular weight excluding hydrogens is 535 g/mol. The second-order valence-corrected chi connectivity index (χ2v) is 12.8. The van der Waals surface area contributed by atoms with E-state index in [4.69, 9.17) is 4.74 Å². The molecule has 0 radical (unpaired) electrons. The summed E-state index contributed by atoms with van der Waals surface area (Å²) in [5, 5.41) is 11.8. The number of aromatic nitrogens is 5. The average molecular weight is 571 g/mol. The van der Waals surface area contributed by atoms with Crippen molar-refractivity contribution in [1.82, 2.24) is 35.4 Å². The Hall–Kier alpha value is -3.73. The van der Waals surface area contributed by atoms with Gasteiger partial charge in [0, 0.05) is 54.8 Å². The number of hydrogen-bond acceptors (Lipinski definition) is 9. The Balaban J connectivity index is 0.961. The lowest BCUT2D eigenvalue weighted by Crippen LogP contribution is -2.62. The van der Waals surface area contributed by atoms with Crippen molar-refractivity contribution in [3.63, 3.8) is 0 Å². The van der Waals surface area contributed by atoms with Gasteiger partial charge in [-0.25, -0.2) is 19.3 Å². The van der Waals surface area contributed by atoms with E-state index in [9.17, 15) is 9.18 Å². The third-order valence-electron chi connectivity index (χ3n) is 10.2. The summed E-state index contributed by atoms with van der Waals surface area (Å²) in [7, 11) is 0. The molecule has 1 N–H and O–H groups in total. The molecule has 5 aliphatic rings. The van der Waals surface area contributed by atoms with E-state index in [1.807, 2.05) is 0 Å². The van der Waals surface area contributed by atoms with Crippen molar-refractivity contribution in [1.29, 1.82) is 0 Å². The van der Waals surface area contributed by atoms with Crippen molar-refractivity contribution in [2.24, 2.45) is 17.3 Å². The van der Waals surface area contributed by atoms with Gasteiger partial charge in [-0.15, -0.1) is 10.2 Å². The number of hydrogen-bond donors (Lipinski definition) is 1. The summed E-state index contributed by atoms with van der Waals surface area (Å²) in [5.74, 6) is 2.88. The predicted molar refractivity (Wildman–Crippen MR) is 152 cm³/mol. The Morgan fingerprint density at radius 2 is 1.90 bits per heavy atom. The molecule has 3 atom stereocenters. The number of rotatable bonds is 6. The van der Waals surface area contributed by atoms with Crippen LogP contribution in [0.15, 0.2) is 37.1 Å². The molecule has 3 aromatic rings. The van der Waals surface area contributed by atoms with Gasteiger partial charge in [-0.2, -0.15) is 0 Å². The fraction of sp³-hybridized carbons (Fsp3) is 0.548. The normalized spacial score (nSPS) is 26.3. The Morgan fingerprint density at radius 1 is 1.05 bits per heavy atom. The van der Waals surface area contributed by atoms with Gasteiger partial charge in [0.2, 0.25) is 5.91 Å². The van der Waals surface area contributed by atoms with Crippen LogP contribution in [-0.4, -0.2) is 74.7 Å². The van der Waals surface area contributed by atoms with Crippen LogP contribution in [0, 0.1) is 23.1 Å². The van der Waals surface area contributed by atoms with Gasteiger partial charge in [0.15, 0.2) is 5.82 Å². The van der Waals surface area contributed by atoms with E-state index in [0.717, 1.165) is 69.7 Å². The molecule has 5 fully saturated rings. The minimum atomic E-state index is -0.360. The third kappa shape index (κ3) is 4.58. The van der Waals surface area contributed by atoms with E-state index in [1.54, 1.807) is 12.3 Å². The fourth-order valence-electron chi connectivity index (χ4n) is 7.76. The van der Waals surface area contributed by atoms with Crippen LogP contribution >= 0.6 is 0 Å². The number of carbonyl (C=O) groups is 1. The summed E-state index contributed by atoms with van der Waals surface area (Å²) in [6.45, 7) is 4.24. The number of ether oxygens (including phenoxy) is 1. The quantitative estimate of drug-likeness (QED) is 0.471. The predicted octanol–water partition coefficient (Wildman–Crippen LogP) is 3.95. The molecule has 1 amide bonds. The monoisotopic (exact) mass is 570 g/mol. The Bertz CT molecular complexity index is 1500. The van der Waals surface area contributed by atoms with Crippen molar-refractivity contribution in [2.45, 2.75) is 56.9 Å². The van der Waals surface area contributed by atoms with Crippen LogP contribution in [0.2, 0.25) is 0 Å². The maximum absolute atomic E-state index is 14.4. The molecule has 3 aliphatic heterocycles. The zero-order valence-electron chi connectivity index (χ0n) is 23.6. The zero-order valence-corrected chi connectivity index (χ0v) is 23.6. The topological polar surface area (TPSA) is 109 Å². The number of fused-ring (bicyclic) bond motifs is 1. The minimum absolute atomic E-state index is 0.00962.